The Morgan fingerprint density at radius 3 is 2.57 bits per heavy atom. The second-order valence-electron chi connectivity index (χ2n) is 8.05. The number of nitrogens with zero attached hydrogens (tertiary/aromatic N) is 5. The van der Waals surface area contributed by atoms with Crippen LogP contribution >= 0.6 is 0 Å². The van der Waals surface area contributed by atoms with E-state index in [0.717, 1.165) is 22.4 Å². The molecule has 0 aliphatic carbocycles. The van der Waals surface area contributed by atoms with Crippen molar-refractivity contribution in [2.45, 2.75) is 0 Å². The normalized spacial score (nSPS) is 15.0. The van der Waals surface area contributed by atoms with Crippen LogP contribution in [0, 0.1) is 0 Å². The van der Waals surface area contributed by atoms with Crippen molar-refractivity contribution in [3.05, 3.63) is 66.2 Å². The lowest BCUT2D eigenvalue weighted by Crippen LogP contribution is -2.37. The molecule has 0 radical (unpaired) electrons. The molecule has 3 heterocycles. The maximum atomic E-state index is 5.48. The molecule has 10 heteroatoms. The summed E-state index contributed by atoms with van der Waals surface area (Å²) in [4.78, 5) is 15.8. The second kappa shape index (κ2) is 9.43. The van der Waals surface area contributed by atoms with Gasteiger partial charge >= 0.3 is 0 Å². The molecular formula is C25H23N7O3. The Morgan fingerprint density at radius 2 is 1.66 bits per heavy atom. The highest BCUT2D eigenvalue weighted by atomic mass is 16.7. The fraction of sp³-hybridized carbons (Fsp3) is 0.200. The van der Waals surface area contributed by atoms with Gasteiger partial charge in [-0.15, -0.1) is 0 Å². The smallest absolute Gasteiger partial charge is 0.250 e. The van der Waals surface area contributed by atoms with Crippen molar-refractivity contribution in [2.24, 2.45) is 5.10 Å². The van der Waals surface area contributed by atoms with Crippen LogP contribution < -0.4 is 25.1 Å². The van der Waals surface area contributed by atoms with E-state index in [0.29, 0.717) is 49.9 Å². The number of aromatic nitrogens is 3. The van der Waals surface area contributed by atoms with E-state index in [2.05, 4.69) is 60.0 Å². The highest BCUT2D eigenvalue weighted by Crippen LogP contribution is 2.32. The van der Waals surface area contributed by atoms with Crippen molar-refractivity contribution < 1.29 is 14.2 Å². The van der Waals surface area contributed by atoms with Gasteiger partial charge in [0.2, 0.25) is 24.6 Å². The zero-order valence-corrected chi connectivity index (χ0v) is 18.8. The third-order valence-electron chi connectivity index (χ3n) is 5.70. The Kier molecular flexibility index (Phi) is 5.69. The van der Waals surface area contributed by atoms with Crippen LogP contribution in [0.4, 0.5) is 23.5 Å². The second-order valence-corrected chi connectivity index (χ2v) is 8.05. The van der Waals surface area contributed by atoms with Crippen LogP contribution in [-0.4, -0.2) is 54.3 Å². The molecule has 2 aliphatic rings. The Balaban J connectivity index is 1.25. The lowest BCUT2D eigenvalue weighted by atomic mass is 10.1. The molecule has 6 rings (SSSR count). The van der Waals surface area contributed by atoms with Gasteiger partial charge in [-0.2, -0.15) is 20.1 Å². The van der Waals surface area contributed by atoms with E-state index in [9.17, 15) is 0 Å². The van der Waals surface area contributed by atoms with E-state index in [-0.39, 0.29) is 6.79 Å². The Bertz CT molecular complexity index is 1390. The minimum atomic E-state index is 0.232. The first-order valence-electron chi connectivity index (χ1n) is 11.3. The largest absolute Gasteiger partial charge is 0.454 e. The van der Waals surface area contributed by atoms with Crippen LogP contribution in [0.5, 0.6) is 11.5 Å². The van der Waals surface area contributed by atoms with Crippen molar-refractivity contribution in [1.82, 2.24) is 15.0 Å². The summed E-state index contributed by atoms with van der Waals surface area (Å²) >= 11 is 0. The summed E-state index contributed by atoms with van der Waals surface area (Å²) < 4.78 is 16.3. The summed E-state index contributed by atoms with van der Waals surface area (Å²) in [7, 11) is 0. The van der Waals surface area contributed by atoms with E-state index in [1.54, 1.807) is 6.21 Å². The summed E-state index contributed by atoms with van der Waals surface area (Å²) in [5, 5.41) is 9.93. The van der Waals surface area contributed by atoms with E-state index < -0.39 is 0 Å². The molecule has 1 fully saturated rings. The number of morpholine rings is 1. The van der Waals surface area contributed by atoms with Crippen molar-refractivity contribution in [3.63, 3.8) is 0 Å². The maximum Gasteiger partial charge on any atom is 0.250 e. The SMILES string of the molecule is C(=NNc1nc(Nc2ccc3ccccc3c2)nc(N2CCOCC2)n1)c1ccc2c(c1)OCO2. The summed E-state index contributed by atoms with van der Waals surface area (Å²) in [5.41, 5.74) is 4.68. The van der Waals surface area contributed by atoms with Gasteiger partial charge in [0, 0.05) is 18.8 Å². The molecule has 1 saturated heterocycles. The highest BCUT2D eigenvalue weighted by Gasteiger charge is 2.17. The molecule has 176 valence electrons. The standard InChI is InChI=1S/C25H23N7O3/c1-2-4-19-14-20(7-6-18(19)3-1)27-23-28-24(30-25(29-23)32-9-11-33-12-10-32)31-26-15-17-5-8-21-22(13-17)35-16-34-21/h1-8,13-15H,9-12,16H2,(H2,27,28,29,30,31). The van der Waals surface area contributed by atoms with Crippen molar-refractivity contribution in [2.75, 3.05) is 48.7 Å². The molecule has 10 nitrogen and oxygen atoms in total. The van der Waals surface area contributed by atoms with Crippen LogP contribution in [0.3, 0.4) is 0 Å². The molecule has 2 aliphatic heterocycles. The molecule has 0 saturated carbocycles. The Hall–Kier alpha value is -4.44. The first-order chi connectivity index (χ1) is 17.3. The number of hydrogen-bond donors (Lipinski definition) is 2. The number of anilines is 4. The lowest BCUT2D eigenvalue weighted by molar-refractivity contribution is 0.122. The first-order valence-corrected chi connectivity index (χ1v) is 11.3. The van der Waals surface area contributed by atoms with Gasteiger partial charge in [-0.25, -0.2) is 5.43 Å². The zero-order valence-electron chi connectivity index (χ0n) is 18.8. The minimum absolute atomic E-state index is 0.232. The van der Waals surface area contributed by atoms with E-state index in [1.165, 1.54) is 5.39 Å². The van der Waals surface area contributed by atoms with Gasteiger partial charge < -0.3 is 24.4 Å². The number of nitrogens with one attached hydrogen (secondary N) is 2. The molecule has 0 unspecified atom stereocenters. The molecule has 35 heavy (non-hydrogen) atoms. The average Bonchev–Trinajstić information content (AvgIpc) is 3.37. The van der Waals surface area contributed by atoms with Gasteiger partial charge in [0.25, 0.3) is 0 Å². The molecule has 0 spiro atoms. The van der Waals surface area contributed by atoms with Crippen LogP contribution in [-0.2, 0) is 4.74 Å². The molecule has 1 aromatic heterocycles. The van der Waals surface area contributed by atoms with E-state index in [1.807, 2.05) is 36.4 Å². The van der Waals surface area contributed by atoms with Gasteiger partial charge in [0.1, 0.15) is 0 Å². The topological polar surface area (TPSA) is 106 Å². The molecule has 0 bridgehead atoms. The lowest BCUT2D eigenvalue weighted by Gasteiger charge is -2.27. The maximum absolute atomic E-state index is 5.48. The zero-order chi connectivity index (χ0) is 23.5. The number of hydrazone groups is 1. The minimum Gasteiger partial charge on any atom is -0.454 e. The molecular weight excluding hydrogens is 446 g/mol. The fourth-order valence-corrected chi connectivity index (χ4v) is 3.93. The van der Waals surface area contributed by atoms with Crippen LogP contribution in [0.2, 0.25) is 0 Å². The highest BCUT2D eigenvalue weighted by molar-refractivity contribution is 5.86. The summed E-state index contributed by atoms with van der Waals surface area (Å²) in [6.07, 6.45) is 1.68. The quantitative estimate of drug-likeness (QED) is 0.322. The number of fused-ring (bicyclic) bond motifs is 2. The Labute approximate surface area is 201 Å². The van der Waals surface area contributed by atoms with Gasteiger partial charge in [-0.3, -0.25) is 0 Å². The summed E-state index contributed by atoms with van der Waals surface area (Å²) in [6.45, 7) is 2.91. The predicted molar refractivity (Wildman–Crippen MR) is 134 cm³/mol. The summed E-state index contributed by atoms with van der Waals surface area (Å²) in [5.74, 6) is 2.75. The van der Waals surface area contributed by atoms with Gasteiger partial charge in [0.15, 0.2) is 11.5 Å². The molecule has 2 N–H and O–H groups in total. The van der Waals surface area contributed by atoms with Crippen LogP contribution in [0.25, 0.3) is 10.8 Å². The van der Waals surface area contributed by atoms with Gasteiger partial charge in [0.05, 0.1) is 19.4 Å². The molecule has 4 aromatic rings. The van der Waals surface area contributed by atoms with Gasteiger partial charge in [-0.05, 0) is 46.7 Å². The average molecular weight is 470 g/mol. The molecule has 0 atom stereocenters. The monoisotopic (exact) mass is 469 g/mol. The number of ether oxygens (including phenoxy) is 3. The van der Waals surface area contributed by atoms with Crippen molar-refractivity contribution in [3.8, 4) is 11.5 Å². The third kappa shape index (κ3) is 4.78. The first kappa shape index (κ1) is 21.1. The number of rotatable bonds is 6. The van der Waals surface area contributed by atoms with Crippen LogP contribution in [0.15, 0.2) is 65.8 Å². The van der Waals surface area contributed by atoms with Crippen molar-refractivity contribution >= 4 is 40.5 Å². The number of hydrogen-bond acceptors (Lipinski definition) is 10. The number of benzene rings is 3. The predicted octanol–water partition coefficient (Wildman–Crippen LogP) is 3.78. The molecule has 0 amide bonds. The van der Waals surface area contributed by atoms with E-state index >= 15 is 0 Å². The van der Waals surface area contributed by atoms with Gasteiger partial charge in [-0.1, -0.05) is 30.3 Å². The summed E-state index contributed by atoms with van der Waals surface area (Å²) in [6, 6.07) is 20.0. The van der Waals surface area contributed by atoms with E-state index in [4.69, 9.17) is 14.2 Å². The third-order valence-corrected chi connectivity index (χ3v) is 5.70. The van der Waals surface area contributed by atoms with Crippen molar-refractivity contribution in [1.29, 1.82) is 0 Å². The van der Waals surface area contributed by atoms with Crippen LogP contribution in [0.1, 0.15) is 5.56 Å². The molecule has 3 aromatic carbocycles. The Morgan fingerprint density at radius 1 is 0.829 bits per heavy atom. The fourth-order valence-electron chi connectivity index (χ4n) is 3.93.